The van der Waals surface area contributed by atoms with Crippen molar-refractivity contribution in [3.05, 3.63) is 16.1 Å². The summed E-state index contributed by atoms with van der Waals surface area (Å²) in [4.78, 5) is 4.47. The van der Waals surface area contributed by atoms with Gasteiger partial charge in [0.25, 0.3) is 0 Å². The highest BCUT2D eigenvalue weighted by atomic mass is 35.5. The third kappa shape index (κ3) is 5.41. The Hall–Kier alpha value is -0.120. The maximum Gasteiger partial charge on any atom is 0.0928 e. The number of hydrogen-bond acceptors (Lipinski definition) is 3. The Morgan fingerprint density at radius 1 is 1.32 bits per heavy atom. The summed E-state index contributed by atoms with van der Waals surface area (Å²) >= 11 is 7.47. The summed E-state index contributed by atoms with van der Waals surface area (Å²) in [6.45, 7) is 3.26. The number of alkyl halides is 1. The van der Waals surface area contributed by atoms with Crippen LogP contribution in [0.1, 0.15) is 56.2 Å². The summed E-state index contributed by atoms with van der Waals surface area (Å²) in [5, 5.41) is 3.27. The zero-order chi connectivity index (χ0) is 13.5. The van der Waals surface area contributed by atoms with E-state index in [0.717, 1.165) is 31.1 Å². The Morgan fingerprint density at radius 2 is 2.11 bits per heavy atom. The van der Waals surface area contributed by atoms with E-state index in [0.29, 0.717) is 12.0 Å². The van der Waals surface area contributed by atoms with Crippen LogP contribution in [0.2, 0.25) is 0 Å². The first-order valence-corrected chi connectivity index (χ1v) is 8.80. The second-order valence-electron chi connectivity index (χ2n) is 5.58. The van der Waals surface area contributed by atoms with Gasteiger partial charge in [0.2, 0.25) is 0 Å². The van der Waals surface area contributed by atoms with E-state index in [9.17, 15) is 0 Å². The van der Waals surface area contributed by atoms with Crippen LogP contribution < -0.4 is 0 Å². The number of aryl methyl sites for hydroxylation is 1. The number of thiazole rings is 1. The van der Waals surface area contributed by atoms with Crippen LogP contribution in [0.4, 0.5) is 0 Å². The second kappa shape index (κ2) is 8.23. The minimum Gasteiger partial charge on any atom is -0.378 e. The summed E-state index contributed by atoms with van der Waals surface area (Å²) < 4.78 is 5.96. The van der Waals surface area contributed by atoms with Crippen LogP contribution in [0, 0.1) is 5.92 Å². The first kappa shape index (κ1) is 15.3. The molecule has 0 atom stereocenters. The van der Waals surface area contributed by atoms with Gasteiger partial charge < -0.3 is 4.74 Å². The minimum atomic E-state index is 0.527. The fourth-order valence-electron chi connectivity index (χ4n) is 2.55. The van der Waals surface area contributed by atoms with Crippen LogP contribution in [-0.4, -0.2) is 17.7 Å². The predicted molar refractivity (Wildman–Crippen MR) is 82.0 cm³/mol. The summed E-state index contributed by atoms with van der Waals surface area (Å²) in [5.41, 5.74) is 1.01. The summed E-state index contributed by atoms with van der Waals surface area (Å²) in [6.07, 6.45) is 9.08. The Balaban J connectivity index is 1.52. The fourth-order valence-corrected chi connectivity index (χ4v) is 3.62. The van der Waals surface area contributed by atoms with E-state index >= 15 is 0 Å². The SMILES string of the molecule is CC1CCC(OCCCCc2nc(CCl)cs2)CC1. The highest BCUT2D eigenvalue weighted by molar-refractivity contribution is 7.09. The molecule has 108 valence electrons. The normalized spacial score (nSPS) is 23.7. The number of nitrogens with zero attached hydrogens (tertiary/aromatic N) is 1. The van der Waals surface area contributed by atoms with Crippen molar-refractivity contribution in [2.45, 2.75) is 63.9 Å². The van der Waals surface area contributed by atoms with Gasteiger partial charge in [-0.15, -0.1) is 22.9 Å². The Labute approximate surface area is 125 Å². The van der Waals surface area contributed by atoms with E-state index in [2.05, 4.69) is 17.3 Å². The van der Waals surface area contributed by atoms with Gasteiger partial charge in [0.15, 0.2) is 0 Å². The molecule has 2 nitrogen and oxygen atoms in total. The van der Waals surface area contributed by atoms with Crippen LogP contribution in [0.15, 0.2) is 5.38 Å². The lowest BCUT2D eigenvalue weighted by molar-refractivity contribution is 0.0181. The van der Waals surface area contributed by atoms with E-state index in [1.165, 1.54) is 37.1 Å². The first-order chi connectivity index (χ1) is 9.28. The summed E-state index contributed by atoms with van der Waals surface area (Å²) in [5.74, 6) is 1.43. The third-order valence-corrected chi connectivity index (χ3v) is 5.07. The quantitative estimate of drug-likeness (QED) is 0.533. The largest absolute Gasteiger partial charge is 0.378 e. The van der Waals surface area contributed by atoms with Crippen molar-refractivity contribution in [3.8, 4) is 0 Å². The lowest BCUT2D eigenvalue weighted by Gasteiger charge is -2.26. The highest BCUT2D eigenvalue weighted by Gasteiger charge is 2.18. The van der Waals surface area contributed by atoms with Crippen molar-refractivity contribution in [1.82, 2.24) is 4.98 Å². The van der Waals surface area contributed by atoms with E-state index in [4.69, 9.17) is 16.3 Å². The summed E-state index contributed by atoms with van der Waals surface area (Å²) in [6, 6.07) is 0. The average molecular weight is 302 g/mol. The van der Waals surface area contributed by atoms with E-state index in [1.807, 2.05) is 0 Å². The second-order valence-corrected chi connectivity index (χ2v) is 6.79. The molecule has 0 radical (unpaired) electrons. The van der Waals surface area contributed by atoms with Crippen molar-refractivity contribution >= 4 is 22.9 Å². The molecule has 0 aromatic carbocycles. The van der Waals surface area contributed by atoms with Crippen LogP contribution in [0.5, 0.6) is 0 Å². The number of ether oxygens (including phenoxy) is 1. The Morgan fingerprint density at radius 3 is 2.79 bits per heavy atom. The standard InChI is InChI=1S/C15H24ClNOS/c1-12-5-7-14(8-6-12)18-9-3-2-4-15-17-13(10-16)11-19-15/h11-12,14H,2-10H2,1H3. The molecule has 0 N–H and O–H groups in total. The fraction of sp³-hybridized carbons (Fsp3) is 0.800. The van der Waals surface area contributed by atoms with Crippen molar-refractivity contribution in [2.75, 3.05) is 6.61 Å². The van der Waals surface area contributed by atoms with Gasteiger partial charge in [-0.05, 0) is 50.9 Å². The van der Waals surface area contributed by atoms with E-state index in [-0.39, 0.29) is 0 Å². The molecule has 1 aromatic heterocycles. The molecular formula is C15H24ClNOS. The smallest absolute Gasteiger partial charge is 0.0928 e. The lowest BCUT2D eigenvalue weighted by atomic mass is 9.89. The molecule has 19 heavy (non-hydrogen) atoms. The van der Waals surface area contributed by atoms with Gasteiger partial charge in [-0.3, -0.25) is 0 Å². The van der Waals surface area contributed by atoms with E-state index < -0.39 is 0 Å². The van der Waals surface area contributed by atoms with Crippen molar-refractivity contribution in [1.29, 1.82) is 0 Å². The molecule has 1 aromatic rings. The van der Waals surface area contributed by atoms with Crippen LogP contribution in [0.3, 0.4) is 0 Å². The zero-order valence-electron chi connectivity index (χ0n) is 11.7. The molecule has 1 saturated carbocycles. The number of rotatable bonds is 7. The topological polar surface area (TPSA) is 22.1 Å². The van der Waals surface area contributed by atoms with Gasteiger partial charge in [-0.25, -0.2) is 4.98 Å². The van der Waals surface area contributed by atoms with E-state index in [1.54, 1.807) is 11.3 Å². The average Bonchev–Trinajstić information content (AvgIpc) is 2.88. The number of hydrogen-bond donors (Lipinski definition) is 0. The predicted octanol–water partition coefficient (Wildman–Crippen LogP) is 4.80. The minimum absolute atomic E-state index is 0.527. The first-order valence-electron chi connectivity index (χ1n) is 7.38. The molecule has 4 heteroatoms. The number of aromatic nitrogens is 1. The van der Waals surface area contributed by atoms with Crippen LogP contribution in [0.25, 0.3) is 0 Å². The van der Waals surface area contributed by atoms with Crippen LogP contribution in [-0.2, 0) is 17.0 Å². The van der Waals surface area contributed by atoms with Crippen molar-refractivity contribution in [3.63, 3.8) is 0 Å². The highest BCUT2D eigenvalue weighted by Crippen LogP contribution is 2.25. The molecule has 1 heterocycles. The monoisotopic (exact) mass is 301 g/mol. The third-order valence-electron chi connectivity index (χ3n) is 3.84. The lowest BCUT2D eigenvalue weighted by Crippen LogP contribution is -2.20. The molecule has 1 aliphatic rings. The maximum absolute atomic E-state index is 5.96. The molecule has 0 saturated heterocycles. The Kier molecular flexibility index (Phi) is 6.62. The van der Waals surface area contributed by atoms with Gasteiger partial charge in [-0.1, -0.05) is 6.92 Å². The molecule has 0 amide bonds. The molecule has 0 spiro atoms. The van der Waals surface area contributed by atoms with Gasteiger partial charge in [0.1, 0.15) is 0 Å². The number of unbranched alkanes of at least 4 members (excludes halogenated alkanes) is 1. The van der Waals surface area contributed by atoms with Crippen molar-refractivity contribution in [2.24, 2.45) is 5.92 Å². The maximum atomic E-state index is 5.96. The number of halogens is 1. The molecule has 0 bridgehead atoms. The molecular weight excluding hydrogens is 278 g/mol. The van der Waals surface area contributed by atoms with Gasteiger partial charge in [-0.2, -0.15) is 0 Å². The van der Waals surface area contributed by atoms with Crippen LogP contribution >= 0.6 is 22.9 Å². The molecule has 0 unspecified atom stereocenters. The molecule has 2 rings (SSSR count). The Bertz CT molecular complexity index is 361. The van der Waals surface area contributed by atoms with Gasteiger partial charge >= 0.3 is 0 Å². The van der Waals surface area contributed by atoms with Gasteiger partial charge in [0.05, 0.1) is 22.7 Å². The summed E-state index contributed by atoms with van der Waals surface area (Å²) in [7, 11) is 0. The molecule has 0 aliphatic heterocycles. The van der Waals surface area contributed by atoms with Gasteiger partial charge in [0, 0.05) is 12.0 Å². The zero-order valence-corrected chi connectivity index (χ0v) is 13.3. The van der Waals surface area contributed by atoms with Crippen molar-refractivity contribution < 1.29 is 4.74 Å². The molecule has 1 fully saturated rings. The molecule has 1 aliphatic carbocycles.